The molecule has 0 saturated carbocycles. The lowest BCUT2D eigenvalue weighted by atomic mass is 9.80. The van der Waals surface area contributed by atoms with Gasteiger partial charge in [0.15, 0.2) is 6.10 Å². The highest BCUT2D eigenvalue weighted by Crippen LogP contribution is 2.52. The average molecular weight is 569 g/mol. The van der Waals surface area contributed by atoms with Crippen molar-refractivity contribution in [3.63, 3.8) is 0 Å². The van der Waals surface area contributed by atoms with E-state index in [9.17, 15) is 18.3 Å². The second-order valence-electron chi connectivity index (χ2n) is 11.2. The zero-order valence-corrected chi connectivity index (χ0v) is 24.2. The number of nitrogens with zero attached hydrogens (tertiary/aromatic N) is 1. The fourth-order valence-corrected chi connectivity index (χ4v) is 6.64. The van der Waals surface area contributed by atoms with E-state index in [0.717, 1.165) is 11.9 Å². The average Bonchev–Trinajstić information content (AvgIpc) is 2.87. The number of carbonyl (C=O) groups is 1. The summed E-state index contributed by atoms with van der Waals surface area (Å²) in [6.07, 6.45) is -0.332. The summed E-state index contributed by atoms with van der Waals surface area (Å²) in [5.41, 5.74) is 3.93. The lowest BCUT2D eigenvalue weighted by molar-refractivity contribution is -0.160. The van der Waals surface area contributed by atoms with E-state index in [4.69, 9.17) is 9.47 Å². The molecule has 5 rings (SSSR count). The highest BCUT2D eigenvalue weighted by molar-refractivity contribution is 7.92. The molecule has 3 aromatic carbocycles. The van der Waals surface area contributed by atoms with Crippen LogP contribution in [0, 0.1) is 19.7 Å². The number of sulfonamides is 1. The van der Waals surface area contributed by atoms with Gasteiger partial charge in [-0.25, -0.2) is 17.6 Å². The predicted octanol–water partition coefficient (Wildman–Crippen LogP) is 5.80. The van der Waals surface area contributed by atoms with Crippen molar-refractivity contribution in [3.8, 4) is 28.0 Å². The third-order valence-corrected chi connectivity index (χ3v) is 8.34. The van der Waals surface area contributed by atoms with Gasteiger partial charge in [-0.3, -0.25) is 4.31 Å². The van der Waals surface area contributed by atoms with Crippen LogP contribution in [-0.4, -0.2) is 44.5 Å². The standard InChI is InChI=1S/C30H33FN2O6S/c1-16-23(18-10-11-22-21(14-18)32-12-13-38-22)25(28(29(34)35)39-30(3,4)5)17(2)27-24(16)26-19(8-7-9-20(26)31)15-33(27)40(6,36)37/h7-11,14,28,32H,12-13,15H2,1-6H3,(H,34,35)/t28-/m0/s1. The Bertz CT molecular complexity index is 1650. The number of nitrogens with one attached hydrogen (secondary N) is 1. The van der Waals surface area contributed by atoms with Gasteiger partial charge in [0, 0.05) is 23.2 Å². The van der Waals surface area contributed by atoms with E-state index in [0.29, 0.717) is 63.4 Å². The van der Waals surface area contributed by atoms with Gasteiger partial charge < -0.3 is 19.9 Å². The monoisotopic (exact) mass is 568 g/mol. The molecule has 2 aliphatic heterocycles. The van der Waals surface area contributed by atoms with Crippen LogP contribution in [-0.2, 0) is 26.1 Å². The smallest absolute Gasteiger partial charge is 0.337 e. The summed E-state index contributed by atoms with van der Waals surface area (Å²) < 4.78 is 54.9. The number of halogens is 1. The minimum Gasteiger partial charge on any atom is -0.490 e. The number of hydrogen-bond donors (Lipinski definition) is 2. The molecule has 3 aromatic rings. The van der Waals surface area contributed by atoms with Crippen LogP contribution in [0.1, 0.15) is 49.1 Å². The third-order valence-electron chi connectivity index (χ3n) is 7.23. The summed E-state index contributed by atoms with van der Waals surface area (Å²) in [5.74, 6) is -1.02. The normalized spacial score (nSPS) is 15.3. The lowest BCUT2D eigenvalue weighted by Gasteiger charge is -2.37. The second kappa shape index (κ2) is 9.78. The summed E-state index contributed by atoms with van der Waals surface area (Å²) in [4.78, 5) is 12.8. The third kappa shape index (κ3) is 4.79. The van der Waals surface area contributed by atoms with Gasteiger partial charge in [0.1, 0.15) is 18.2 Å². The number of fused-ring (bicyclic) bond motifs is 4. The van der Waals surface area contributed by atoms with Crippen LogP contribution in [0.25, 0.3) is 22.3 Å². The first-order valence-electron chi connectivity index (χ1n) is 13.0. The van der Waals surface area contributed by atoms with Crippen LogP contribution in [0.15, 0.2) is 36.4 Å². The van der Waals surface area contributed by atoms with E-state index in [-0.39, 0.29) is 12.2 Å². The van der Waals surface area contributed by atoms with Crippen molar-refractivity contribution in [1.82, 2.24) is 0 Å². The maximum absolute atomic E-state index is 15.5. The Morgan fingerprint density at radius 3 is 2.50 bits per heavy atom. The summed E-state index contributed by atoms with van der Waals surface area (Å²) in [7, 11) is -3.83. The van der Waals surface area contributed by atoms with Crippen LogP contribution in [0.5, 0.6) is 5.75 Å². The Morgan fingerprint density at radius 2 is 1.85 bits per heavy atom. The fraction of sp³-hybridized carbons (Fsp3) is 0.367. The molecule has 2 heterocycles. The highest BCUT2D eigenvalue weighted by atomic mass is 32.2. The minimum atomic E-state index is -3.83. The van der Waals surface area contributed by atoms with Gasteiger partial charge in [-0.05, 0) is 80.6 Å². The van der Waals surface area contributed by atoms with Crippen LogP contribution in [0.4, 0.5) is 15.8 Å². The van der Waals surface area contributed by atoms with E-state index in [1.807, 2.05) is 18.2 Å². The van der Waals surface area contributed by atoms with Crippen LogP contribution in [0.2, 0.25) is 0 Å². The fourth-order valence-electron chi connectivity index (χ4n) is 5.70. The van der Waals surface area contributed by atoms with Gasteiger partial charge >= 0.3 is 5.97 Å². The van der Waals surface area contributed by atoms with Gasteiger partial charge in [-0.15, -0.1) is 0 Å². The molecule has 0 spiro atoms. The van der Waals surface area contributed by atoms with Gasteiger partial charge in [-0.2, -0.15) is 0 Å². The maximum atomic E-state index is 15.5. The molecule has 0 aliphatic carbocycles. The first-order chi connectivity index (χ1) is 18.7. The number of carboxylic acids is 1. The molecule has 40 heavy (non-hydrogen) atoms. The zero-order chi connectivity index (χ0) is 29.1. The van der Waals surface area contributed by atoms with E-state index in [2.05, 4.69) is 5.32 Å². The molecule has 0 radical (unpaired) electrons. The van der Waals surface area contributed by atoms with E-state index in [1.165, 1.54) is 10.4 Å². The van der Waals surface area contributed by atoms with E-state index in [1.54, 1.807) is 46.8 Å². The molecular weight excluding hydrogens is 535 g/mol. The summed E-state index contributed by atoms with van der Waals surface area (Å²) in [5, 5.41) is 13.8. The SMILES string of the molecule is Cc1c(-c2ccc3c(c2)NCCO3)c([C@H](OC(C)(C)C)C(=O)O)c(C)c2c1-c1c(F)cccc1CN2S(C)(=O)=O. The largest absolute Gasteiger partial charge is 0.490 e. The number of ether oxygens (including phenoxy) is 2. The molecule has 0 bridgehead atoms. The molecule has 2 aliphatic rings. The number of carboxylic acid groups (broad SMARTS) is 1. The molecule has 0 amide bonds. The molecule has 0 unspecified atom stereocenters. The zero-order valence-electron chi connectivity index (χ0n) is 23.4. The summed E-state index contributed by atoms with van der Waals surface area (Å²) >= 11 is 0. The molecule has 0 saturated heterocycles. The van der Waals surface area contributed by atoms with Crippen LogP contribution < -0.4 is 14.4 Å². The van der Waals surface area contributed by atoms with Gasteiger partial charge in [-0.1, -0.05) is 18.2 Å². The van der Waals surface area contributed by atoms with Gasteiger partial charge in [0.2, 0.25) is 10.0 Å². The Kier molecular flexibility index (Phi) is 6.82. The summed E-state index contributed by atoms with van der Waals surface area (Å²) in [6, 6.07) is 10.1. The van der Waals surface area contributed by atoms with Crippen molar-refractivity contribution >= 4 is 27.4 Å². The number of rotatable bonds is 5. The van der Waals surface area contributed by atoms with Gasteiger partial charge in [0.05, 0.1) is 29.8 Å². The van der Waals surface area contributed by atoms with E-state index >= 15 is 4.39 Å². The molecular formula is C30H33FN2O6S. The Hall–Kier alpha value is -3.63. The van der Waals surface area contributed by atoms with Crippen LogP contribution >= 0.6 is 0 Å². The van der Waals surface area contributed by atoms with Crippen molar-refractivity contribution in [2.24, 2.45) is 0 Å². The molecule has 2 N–H and O–H groups in total. The first kappa shape index (κ1) is 27.9. The minimum absolute atomic E-state index is 0.0734. The van der Waals surface area contributed by atoms with E-state index < -0.39 is 33.5 Å². The molecule has 8 nitrogen and oxygen atoms in total. The second-order valence-corrected chi connectivity index (χ2v) is 13.1. The Balaban J connectivity index is 1.95. The Labute approximate surface area is 233 Å². The Morgan fingerprint density at radius 1 is 1.12 bits per heavy atom. The molecule has 0 aromatic heterocycles. The lowest BCUT2D eigenvalue weighted by Crippen LogP contribution is -2.35. The highest BCUT2D eigenvalue weighted by Gasteiger charge is 2.39. The number of anilines is 2. The molecule has 1 atom stereocenters. The number of benzene rings is 3. The molecule has 212 valence electrons. The van der Waals surface area contributed by atoms with Crippen molar-refractivity contribution in [3.05, 3.63) is 64.5 Å². The topological polar surface area (TPSA) is 105 Å². The number of hydrogen-bond acceptors (Lipinski definition) is 6. The molecule has 10 heteroatoms. The summed E-state index contributed by atoms with van der Waals surface area (Å²) in [6.45, 7) is 9.80. The van der Waals surface area contributed by atoms with Crippen molar-refractivity contribution in [2.45, 2.75) is 52.9 Å². The van der Waals surface area contributed by atoms with Crippen molar-refractivity contribution < 1.29 is 32.2 Å². The van der Waals surface area contributed by atoms with Gasteiger partial charge in [0.25, 0.3) is 0 Å². The predicted molar refractivity (Wildman–Crippen MR) is 153 cm³/mol. The maximum Gasteiger partial charge on any atom is 0.337 e. The van der Waals surface area contributed by atoms with Crippen molar-refractivity contribution in [2.75, 3.05) is 29.0 Å². The first-order valence-corrected chi connectivity index (χ1v) is 14.9. The van der Waals surface area contributed by atoms with Crippen molar-refractivity contribution in [1.29, 1.82) is 0 Å². The number of aliphatic carboxylic acids is 1. The van der Waals surface area contributed by atoms with Crippen LogP contribution in [0.3, 0.4) is 0 Å². The quantitative estimate of drug-likeness (QED) is 0.401. The molecule has 0 fully saturated rings.